The van der Waals surface area contributed by atoms with Crippen LogP contribution < -0.4 is 5.32 Å². The molecule has 1 amide bonds. The number of benzene rings is 2. The van der Waals surface area contributed by atoms with E-state index in [0.717, 1.165) is 12.1 Å². The van der Waals surface area contributed by atoms with E-state index in [9.17, 15) is 27.9 Å². The molecule has 0 saturated heterocycles. The van der Waals surface area contributed by atoms with E-state index in [4.69, 9.17) is 16.3 Å². The number of aryl methyl sites for hydroxylation is 1. The number of ether oxygens (including phenoxy) is 1. The molecule has 0 bridgehead atoms. The van der Waals surface area contributed by atoms with Gasteiger partial charge in [-0.05, 0) is 30.7 Å². The first-order valence-electron chi connectivity index (χ1n) is 7.22. The molecule has 0 radical (unpaired) electrons. The van der Waals surface area contributed by atoms with Gasteiger partial charge in [0, 0.05) is 0 Å². The van der Waals surface area contributed by atoms with E-state index in [1.165, 1.54) is 18.2 Å². The van der Waals surface area contributed by atoms with Crippen LogP contribution in [0.1, 0.15) is 21.5 Å². The quantitative estimate of drug-likeness (QED) is 0.772. The Morgan fingerprint density at radius 1 is 1.19 bits per heavy atom. The van der Waals surface area contributed by atoms with Gasteiger partial charge in [0.05, 0.1) is 16.3 Å². The molecule has 5 nitrogen and oxygen atoms in total. The maximum Gasteiger partial charge on any atom is 0.418 e. The molecule has 0 aliphatic rings. The number of hydrogen-bond acceptors (Lipinski definition) is 4. The van der Waals surface area contributed by atoms with Crippen molar-refractivity contribution in [2.24, 2.45) is 0 Å². The van der Waals surface area contributed by atoms with Crippen LogP contribution in [-0.2, 0) is 15.7 Å². The minimum Gasteiger partial charge on any atom is -0.507 e. The first kappa shape index (κ1) is 19.6. The minimum atomic E-state index is -4.72. The van der Waals surface area contributed by atoms with Crippen molar-refractivity contribution in [1.82, 2.24) is 0 Å². The van der Waals surface area contributed by atoms with Crippen molar-refractivity contribution in [2.45, 2.75) is 13.1 Å². The zero-order valence-electron chi connectivity index (χ0n) is 13.4. The Morgan fingerprint density at radius 2 is 1.85 bits per heavy atom. The van der Waals surface area contributed by atoms with Crippen molar-refractivity contribution in [3.05, 3.63) is 58.1 Å². The maximum atomic E-state index is 13.0. The monoisotopic (exact) mass is 387 g/mol. The molecule has 9 heteroatoms. The molecule has 0 saturated carbocycles. The highest BCUT2D eigenvalue weighted by Gasteiger charge is 2.34. The Kier molecular flexibility index (Phi) is 5.76. The first-order chi connectivity index (χ1) is 12.1. The lowest BCUT2D eigenvalue weighted by molar-refractivity contribution is -0.137. The van der Waals surface area contributed by atoms with E-state index >= 15 is 0 Å². The molecule has 0 aliphatic heterocycles. The van der Waals surface area contributed by atoms with Crippen LogP contribution in [0.15, 0.2) is 36.4 Å². The van der Waals surface area contributed by atoms with Gasteiger partial charge in [-0.25, -0.2) is 4.79 Å². The van der Waals surface area contributed by atoms with Crippen molar-refractivity contribution in [3.8, 4) is 5.75 Å². The van der Waals surface area contributed by atoms with Crippen LogP contribution in [0.25, 0.3) is 0 Å². The molecule has 2 aromatic rings. The Labute approximate surface area is 151 Å². The fourth-order valence-electron chi connectivity index (χ4n) is 2.10. The standard InChI is InChI=1S/C17H13ClF3NO4/c1-9-4-2-5-10(15(9)24)16(25)26-8-13(23)22-14-11(17(19,20)21)6-3-7-12(14)18/h2-7,24H,8H2,1H3,(H,22,23). The van der Waals surface area contributed by atoms with E-state index in [-0.39, 0.29) is 16.3 Å². The number of aromatic hydroxyl groups is 1. The molecule has 2 rings (SSSR count). The Bertz CT molecular complexity index is 852. The van der Waals surface area contributed by atoms with Crippen molar-refractivity contribution in [2.75, 3.05) is 11.9 Å². The molecule has 26 heavy (non-hydrogen) atoms. The van der Waals surface area contributed by atoms with Gasteiger partial charge in [0.1, 0.15) is 11.3 Å². The Hall–Kier alpha value is -2.74. The van der Waals surface area contributed by atoms with Crippen LogP contribution in [0, 0.1) is 6.92 Å². The second kappa shape index (κ2) is 7.65. The molecule has 0 aliphatic carbocycles. The van der Waals surface area contributed by atoms with Crippen molar-refractivity contribution < 1.29 is 32.6 Å². The summed E-state index contributed by atoms with van der Waals surface area (Å²) in [5, 5.41) is 11.5. The molecule has 0 heterocycles. The summed E-state index contributed by atoms with van der Waals surface area (Å²) in [6.07, 6.45) is -4.72. The summed E-state index contributed by atoms with van der Waals surface area (Å²) in [5.74, 6) is -2.30. The van der Waals surface area contributed by atoms with Gasteiger partial charge in [-0.1, -0.05) is 29.8 Å². The smallest absolute Gasteiger partial charge is 0.418 e. The highest BCUT2D eigenvalue weighted by atomic mass is 35.5. The van der Waals surface area contributed by atoms with Gasteiger partial charge in [-0.2, -0.15) is 13.2 Å². The van der Waals surface area contributed by atoms with Crippen LogP contribution in [-0.4, -0.2) is 23.6 Å². The summed E-state index contributed by atoms with van der Waals surface area (Å²) in [5.41, 5.74) is -1.48. The van der Waals surface area contributed by atoms with Gasteiger partial charge in [0.15, 0.2) is 6.61 Å². The second-order valence-corrected chi connectivity index (χ2v) is 5.66. The molecule has 138 valence electrons. The van der Waals surface area contributed by atoms with Crippen LogP contribution in [0.2, 0.25) is 5.02 Å². The predicted molar refractivity (Wildman–Crippen MR) is 88.2 cm³/mol. The molecular formula is C17H13ClF3NO4. The number of halogens is 4. The van der Waals surface area contributed by atoms with Gasteiger partial charge >= 0.3 is 12.1 Å². The van der Waals surface area contributed by atoms with E-state index in [1.54, 1.807) is 13.0 Å². The number of phenolic OH excluding ortho intramolecular Hbond substituents is 1. The lowest BCUT2D eigenvalue weighted by Gasteiger charge is -2.15. The van der Waals surface area contributed by atoms with Crippen molar-refractivity contribution in [1.29, 1.82) is 0 Å². The number of amides is 1. The van der Waals surface area contributed by atoms with Gasteiger partial charge in [-0.3, -0.25) is 4.79 Å². The number of para-hydroxylation sites is 2. The summed E-state index contributed by atoms with van der Waals surface area (Å²) in [4.78, 5) is 23.8. The highest BCUT2D eigenvalue weighted by molar-refractivity contribution is 6.34. The molecule has 2 N–H and O–H groups in total. The third kappa shape index (κ3) is 4.45. The normalized spacial score (nSPS) is 11.1. The summed E-state index contributed by atoms with van der Waals surface area (Å²) >= 11 is 5.72. The Morgan fingerprint density at radius 3 is 2.50 bits per heavy atom. The third-order valence-electron chi connectivity index (χ3n) is 3.38. The molecule has 0 aromatic heterocycles. The molecule has 0 unspecified atom stereocenters. The van der Waals surface area contributed by atoms with Crippen molar-refractivity contribution in [3.63, 3.8) is 0 Å². The number of phenols is 1. The van der Waals surface area contributed by atoms with Crippen LogP contribution >= 0.6 is 11.6 Å². The zero-order valence-corrected chi connectivity index (χ0v) is 14.1. The fourth-order valence-corrected chi connectivity index (χ4v) is 2.32. The van der Waals surface area contributed by atoms with Gasteiger partial charge in [-0.15, -0.1) is 0 Å². The number of hydrogen-bond donors (Lipinski definition) is 2. The summed E-state index contributed by atoms with van der Waals surface area (Å²) in [6.45, 7) is 0.712. The zero-order chi connectivity index (χ0) is 19.5. The molecule has 0 fully saturated rings. The molecule has 0 atom stereocenters. The summed E-state index contributed by atoms with van der Waals surface area (Å²) < 4.78 is 43.6. The number of carbonyl (C=O) groups excluding carboxylic acids is 2. The fraction of sp³-hybridized carbons (Fsp3) is 0.176. The summed E-state index contributed by atoms with van der Waals surface area (Å²) in [7, 11) is 0. The molecule has 0 spiro atoms. The van der Waals surface area contributed by atoms with Gasteiger partial charge in [0.2, 0.25) is 0 Å². The first-order valence-corrected chi connectivity index (χ1v) is 7.60. The van der Waals surface area contributed by atoms with Crippen LogP contribution in [0.5, 0.6) is 5.75 Å². The number of anilines is 1. The lowest BCUT2D eigenvalue weighted by Crippen LogP contribution is -2.23. The molecule has 2 aromatic carbocycles. The average Bonchev–Trinajstić information content (AvgIpc) is 2.56. The average molecular weight is 388 g/mol. The third-order valence-corrected chi connectivity index (χ3v) is 3.69. The highest BCUT2D eigenvalue weighted by Crippen LogP contribution is 2.38. The number of rotatable bonds is 4. The van der Waals surface area contributed by atoms with E-state index < -0.39 is 35.9 Å². The van der Waals surface area contributed by atoms with E-state index in [1.807, 2.05) is 5.32 Å². The number of alkyl halides is 3. The number of carbonyl (C=O) groups is 2. The van der Waals surface area contributed by atoms with E-state index in [2.05, 4.69) is 0 Å². The lowest BCUT2D eigenvalue weighted by atomic mass is 10.1. The van der Waals surface area contributed by atoms with Gasteiger partial charge in [0.25, 0.3) is 5.91 Å². The number of esters is 1. The minimum absolute atomic E-state index is 0.161. The van der Waals surface area contributed by atoms with Crippen molar-refractivity contribution >= 4 is 29.2 Å². The topological polar surface area (TPSA) is 75.6 Å². The maximum absolute atomic E-state index is 13.0. The molecular weight excluding hydrogens is 375 g/mol. The number of nitrogens with one attached hydrogen (secondary N) is 1. The largest absolute Gasteiger partial charge is 0.507 e. The summed E-state index contributed by atoms with van der Waals surface area (Å²) in [6, 6.07) is 7.40. The second-order valence-electron chi connectivity index (χ2n) is 5.26. The Balaban J connectivity index is 2.09. The van der Waals surface area contributed by atoms with E-state index in [0.29, 0.717) is 5.56 Å². The van der Waals surface area contributed by atoms with Crippen LogP contribution in [0.3, 0.4) is 0 Å². The van der Waals surface area contributed by atoms with Crippen LogP contribution in [0.4, 0.5) is 18.9 Å². The SMILES string of the molecule is Cc1cccc(C(=O)OCC(=O)Nc2c(Cl)cccc2C(F)(F)F)c1O. The van der Waals surface area contributed by atoms with Gasteiger partial charge < -0.3 is 15.2 Å². The predicted octanol–water partition coefficient (Wildman–Crippen LogP) is 4.17.